The van der Waals surface area contributed by atoms with Crippen molar-refractivity contribution in [2.45, 2.75) is 25.3 Å². The summed E-state index contributed by atoms with van der Waals surface area (Å²) in [5.74, 6) is 0.645. The summed E-state index contributed by atoms with van der Waals surface area (Å²) in [6, 6.07) is 3.94. The number of imidazole rings is 1. The van der Waals surface area contributed by atoms with Gasteiger partial charge in [0.25, 0.3) is 0 Å². The Labute approximate surface area is 119 Å². The minimum atomic E-state index is 0.177. The summed E-state index contributed by atoms with van der Waals surface area (Å²) in [4.78, 5) is 8.59. The molecule has 2 aromatic heterocycles. The van der Waals surface area contributed by atoms with Gasteiger partial charge in [0.05, 0.1) is 20.0 Å². The molecule has 3 rings (SSSR count). The van der Waals surface area contributed by atoms with Crippen LogP contribution >= 0.6 is 0 Å². The van der Waals surface area contributed by atoms with Gasteiger partial charge >= 0.3 is 0 Å². The lowest BCUT2D eigenvalue weighted by Gasteiger charge is -2.24. The van der Waals surface area contributed by atoms with Crippen molar-refractivity contribution in [1.82, 2.24) is 19.9 Å². The SMILES string of the molecule is COc1ccc(Cn2cncc2C2(C)CCNC2)cn1. The van der Waals surface area contributed by atoms with Gasteiger partial charge in [0.15, 0.2) is 0 Å². The molecule has 5 heteroatoms. The highest BCUT2D eigenvalue weighted by molar-refractivity contribution is 5.22. The average Bonchev–Trinajstić information content (AvgIpc) is 3.10. The van der Waals surface area contributed by atoms with Gasteiger partial charge in [-0.05, 0) is 18.5 Å². The Hall–Kier alpha value is -1.88. The maximum absolute atomic E-state index is 5.09. The maximum atomic E-state index is 5.09. The van der Waals surface area contributed by atoms with Gasteiger partial charge in [-0.25, -0.2) is 9.97 Å². The van der Waals surface area contributed by atoms with Crippen molar-refractivity contribution in [2.24, 2.45) is 0 Å². The second-order valence-electron chi connectivity index (χ2n) is 5.60. The summed E-state index contributed by atoms with van der Waals surface area (Å²) >= 11 is 0. The van der Waals surface area contributed by atoms with E-state index in [0.717, 1.165) is 31.6 Å². The van der Waals surface area contributed by atoms with Crippen molar-refractivity contribution in [2.75, 3.05) is 20.2 Å². The third-order valence-corrected chi connectivity index (χ3v) is 4.06. The van der Waals surface area contributed by atoms with Crippen LogP contribution in [0.1, 0.15) is 24.6 Å². The standard InChI is InChI=1S/C15H20N4O/c1-15(5-6-16-10-15)13-8-17-11-19(13)9-12-3-4-14(20-2)18-7-12/h3-4,7-8,11,16H,5-6,9-10H2,1-2H3. The lowest BCUT2D eigenvalue weighted by atomic mass is 9.86. The van der Waals surface area contributed by atoms with E-state index in [2.05, 4.69) is 26.8 Å². The molecule has 1 fully saturated rings. The monoisotopic (exact) mass is 272 g/mol. The highest BCUT2D eigenvalue weighted by Gasteiger charge is 2.33. The molecule has 1 unspecified atom stereocenters. The number of nitrogens with one attached hydrogen (secondary N) is 1. The van der Waals surface area contributed by atoms with Gasteiger partial charge in [-0.3, -0.25) is 0 Å². The summed E-state index contributed by atoms with van der Waals surface area (Å²) in [5, 5.41) is 3.44. The zero-order chi connectivity index (χ0) is 14.0. The molecule has 1 atom stereocenters. The quantitative estimate of drug-likeness (QED) is 0.918. The highest BCUT2D eigenvalue weighted by Crippen LogP contribution is 2.30. The van der Waals surface area contributed by atoms with Crippen molar-refractivity contribution < 1.29 is 4.74 Å². The Morgan fingerprint density at radius 1 is 1.40 bits per heavy atom. The molecule has 1 aliphatic rings. The van der Waals surface area contributed by atoms with E-state index in [1.807, 2.05) is 30.9 Å². The normalized spacial score (nSPS) is 22.1. The topological polar surface area (TPSA) is 52.0 Å². The lowest BCUT2D eigenvalue weighted by Crippen LogP contribution is -2.28. The predicted octanol–water partition coefficient (Wildman–Crippen LogP) is 1.59. The minimum Gasteiger partial charge on any atom is -0.481 e. The fraction of sp³-hybridized carbons (Fsp3) is 0.467. The number of aromatic nitrogens is 3. The number of methoxy groups -OCH3 is 1. The first-order valence-electron chi connectivity index (χ1n) is 6.91. The lowest BCUT2D eigenvalue weighted by molar-refractivity contribution is 0.397. The van der Waals surface area contributed by atoms with Crippen molar-refractivity contribution in [3.8, 4) is 5.88 Å². The zero-order valence-corrected chi connectivity index (χ0v) is 12.0. The molecule has 3 heterocycles. The number of rotatable bonds is 4. The second-order valence-corrected chi connectivity index (χ2v) is 5.60. The molecule has 1 N–H and O–H groups in total. The minimum absolute atomic E-state index is 0.177. The average molecular weight is 272 g/mol. The van der Waals surface area contributed by atoms with Gasteiger partial charge in [-0.15, -0.1) is 0 Å². The van der Waals surface area contributed by atoms with E-state index in [-0.39, 0.29) is 5.41 Å². The molecule has 2 aromatic rings. The molecule has 0 aliphatic carbocycles. The molecule has 0 radical (unpaired) electrons. The van der Waals surface area contributed by atoms with Crippen molar-refractivity contribution in [1.29, 1.82) is 0 Å². The third-order valence-electron chi connectivity index (χ3n) is 4.06. The van der Waals surface area contributed by atoms with Crippen LogP contribution in [0.4, 0.5) is 0 Å². The highest BCUT2D eigenvalue weighted by atomic mass is 16.5. The van der Waals surface area contributed by atoms with Crippen LogP contribution in [0.2, 0.25) is 0 Å². The molecule has 1 saturated heterocycles. The van der Waals surface area contributed by atoms with Gasteiger partial charge in [0.2, 0.25) is 5.88 Å². The number of nitrogens with zero attached hydrogens (tertiary/aromatic N) is 3. The van der Waals surface area contributed by atoms with Crippen LogP contribution in [0.3, 0.4) is 0 Å². The zero-order valence-electron chi connectivity index (χ0n) is 12.0. The number of pyridine rings is 1. The van der Waals surface area contributed by atoms with Crippen LogP contribution in [0, 0.1) is 0 Å². The molecular weight excluding hydrogens is 252 g/mol. The van der Waals surface area contributed by atoms with E-state index in [4.69, 9.17) is 4.74 Å². The van der Waals surface area contributed by atoms with Crippen LogP contribution in [-0.4, -0.2) is 34.7 Å². The maximum Gasteiger partial charge on any atom is 0.212 e. The molecule has 5 nitrogen and oxygen atoms in total. The molecule has 1 aliphatic heterocycles. The van der Waals surface area contributed by atoms with Gasteiger partial charge in [0, 0.05) is 36.1 Å². The van der Waals surface area contributed by atoms with Gasteiger partial charge < -0.3 is 14.6 Å². The fourth-order valence-corrected chi connectivity index (χ4v) is 2.81. The van der Waals surface area contributed by atoms with Gasteiger partial charge in [0.1, 0.15) is 0 Å². The predicted molar refractivity (Wildman–Crippen MR) is 77.0 cm³/mol. The van der Waals surface area contributed by atoms with E-state index in [9.17, 15) is 0 Å². The van der Waals surface area contributed by atoms with Crippen LogP contribution in [0.15, 0.2) is 30.9 Å². The third kappa shape index (κ3) is 2.41. The van der Waals surface area contributed by atoms with Crippen LogP contribution < -0.4 is 10.1 Å². The largest absolute Gasteiger partial charge is 0.481 e. The van der Waals surface area contributed by atoms with E-state index >= 15 is 0 Å². The Morgan fingerprint density at radius 3 is 2.95 bits per heavy atom. The first-order chi connectivity index (χ1) is 9.71. The van der Waals surface area contributed by atoms with Crippen LogP contribution in [-0.2, 0) is 12.0 Å². The van der Waals surface area contributed by atoms with Crippen molar-refractivity contribution >= 4 is 0 Å². The molecule has 106 valence electrons. The van der Waals surface area contributed by atoms with Gasteiger partial charge in [-0.1, -0.05) is 13.0 Å². The molecule has 0 saturated carbocycles. The summed E-state index contributed by atoms with van der Waals surface area (Å²) < 4.78 is 7.31. The smallest absolute Gasteiger partial charge is 0.212 e. The first kappa shape index (κ1) is 13.1. The molecule has 0 bridgehead atoms. The number of ether oxygens (including phenoxy) is 1. The van der Waals surface area contributed by atoms with Crippen LogP contribution in [0.5, 0.6) is 5.88 Å². The van der Waals surface area contributed by atoms with E-state index < -0.39 is 0 Å². The first-order valence-corrected chi connectivity index (χ1v) is 6.91. The summed E-state index contributed by atoms with van der Waals surface area (Å²) in [6.07, 6.45) is 6.91. The molecule has 0 amide bonds. The summed E-state index contributed by atoms with van der Waals surface area (Å²) in [7, 11) is 1.63. The van der Waals surface area contributed by atoms with Crippen molar-refractivity contribution in [3.63, 3.8) is 0 Å². The molecule has 0 spiro atoms. The second kappa shape index (κ2) is 5.25. The summed E-state index contributed by atoms with van der Waals surface area (Å²) in [5.41, 5.74) is 2.62. The molecule has 20 heavy (non-hydrogen) atoms. The number of hydrogen-bond acceptors (Lipinski definition) is 4. The Kier molecular flexibility index (Phi) is 3.44. The number of hydrogen-bond donors (Lipinski definition) is 1. The molecule has 0 aromatic carbocycles. The van der Waals surface area contributed by atoms with Crippen molar-refractivity contribution in [3.05, 3.63) is 42.1 Å². The van der Waals surface area contributed by atoms with Gasteiger partial charge in [-0.2, -0.15) is 0 Å². The van der Waals surface area contributed by atoms with E-state index in [1.54, 1.807) is 7.11 Å². The summed E-state index contributed by atoms with van der Waals surface area (Å²) in [6.45, 7) is 5.18. The Morgan fingerprint density at radius 2 is 2.30 bits per heavy atom. The molecular formula is C15H20N4O. The Balaban J connectivity index is 1.82. The fourth-order valence-electron chi connectivity index (χ4n) is 2.81. The van der Waals surface area contributed by atoms with E-state index in [0.29, 0.717) is 5.88 Å². The van der Waals surface area contributed by atoms with E-state index in [1.165, 1.54) is 5.69 Å². The Bertz CT molecular complexity index is 570. The van der Waals surface area contributed by atoms with Crippen LogP contribution in [0.25, 0.3) is 0 Å².